The van der Waals surface area contributed by atoms with E-state index in [1.165, 1.54) is 10.5 Å². The van der Waals surface area contributed by atoms with E-state index in [0.717, 1.165) is 24.8 Å². The molecule has 1 fully saturated rings. The van der Waals surface area contributed by atoms with Crippen LogP contribution in [0.25, 0.3) is 0 Å². The van der Waals surface area contributed by atoms with Crippen LogP contribution in [0.2, 0.25) is 0 Å². The Bertz CT molecular complexity index is 1130. The second-order valence-electron chi connectivity index (χ2n) is 12.6. The Morgan fingerprint density at radius 2 is 1.58 bits per heavy atom. The zero-order valence-electron chi connectivity index (χ0n) is 23.8. The first-order chi connectivity index (χ1) is 17.9. The van der Waals surface area contributed by atoms with Gasteiger partial charge in [0.25, 0.3) is 0 Å². The number of esters is 1. The molecule has 2 aliphatic rings. The molecule has 0 N–H and O–H groups in total. The van der Waals surface area contributed by atoms with Gasteiger partial charge in [0.15, 0.2) is 5.54 Å². The zero-order chi connectivity index (χ0) is 27.6. The molecular formula is C33H43NO4. The quantitative estimate of drug-likeness (QED) is 0.303. The molecule has 0 spiro atoms. The van der Waals surface area contributed by atoms with Gasteiger partial charge in [0.05, 0.1) is 0 Å². The number of amides is 1. The standard InChI is InChI=1S/C33H43NO4/c1-24-18-19-27(32(5,6)26-16-11-8-12-17-26)28(22-24)37-29(35)33(23-25-14-9-7-10-15-25)20-13-21-34(33)30(36)38-31(2,3)4/h7-17,20,24,27-28H,18-19,21-23H2,1-6H3/t24-,27-,28-,33?/m1/s1. The normalized spacial score (nSPS) is 25.7. The molecule has 38 heavy (non-hydrogen) atoms. The van der Waals surface area contributed by atoms with Crippen LogP contribution in [0, 0.1) is 11.8 Å². The predicted molar refractivity (Wildman–Crippen MR) is 151 cm³/mol. The Labute approximate surface area is 228 Å². The second-order valence-corrected chi connectivity index (χ2v) is 12.6. The summed E-state index contributed by atoms with van der Waals surface area (Å²) in [5.74, 6) is 0.245. The average Bonchev–Trinajstić information content (AvgIpc) is 3.29. The van der Waals surface area contributed by atoms with E-state index in [1.54, 1.807) is 0 Å². The molecule has 0 aromatic heterocycles. The number of benzene rings is 2. The lowest BCUT2D eigenvalue weighted by atomic mass is 9.64. The van der Waals surface area contributed by atoms with Crippen molar-refractivity contribution in [2.75, 3.05) is 6.54 Å². The van der Waals surface area contributed by atoms with Crippen molar-refractivity contribution in [3.8, 4) is 0 Å². The lowest BCUT2D eigenvalue weighted by Crippen LogP contribution is -2.58. The van der Waals surface area contributed by atoms with Crippen LogP contribution in [0.15, 0.2) is 72.8 Å². The highest BCUT2D eigenvalue weighted by Gasteiger charge is 2.52. The van der Waals surface area contributed by atoms with Crippen molar-refractivity contribution in [3.63, 3.8) is 0 Å². The van der Waals surface area contributed by atoms with E-state index < -0.39 is 17.2 Å². The summed E-state index contributed by atoms with van der Waals surface area (Å²) < 4.78 is 12.3. The van der Waals surface area contributed by atoms with Crippen molar-refractivity contribution in [1.82, 2.24) is 4.90 Å². The Kier molecular flexibility index (Phi) is 8.06. The SMILES string of the molecule is C[C@@H]1CC[C@@H](C(C)(C)c2ccccc2)[C@H](OC(=O)C2(Cc3ccccc3)C=CCN2C(=O)OC(C)(C)C)C1. The molecule has 1 saturated carbocycles. The summed E-state index contributed by atoms with van der Waals surface area (Å²) in [6.07, 6.45) is 6.20. The number of hydrogen-bond acceptors (Lipinski definition) is 4. The van der Waals surface area contributed by atoms with Gasteiger partial charge in [-0.05, 0) is 62.1 Å². The van der Waals surface area contributed by atoms with Crippen LogP contribution < -0.4 is 0 Å². The fourth-order valence-electron chi connectivity index (χ4n) is 6.08. The highest BCUT2D eigenvalue weighted by atomic mass is 16.6. The van der Waals surface area contributed by atoms with Crippen LogP contribution in [-0.2, 0) is 26.1 Å². The van der Waals surface area contributed by atoms with Gasteiger partial charge in [-0.2, -0.15) is 0 Å². The van der Waals surface area contributed by atoms with Crippen molar-refractivity contribution in [1.29, 1.82) is 0 Å². The van der Waals surface area contributed by atoms with Crippen LogP contribution in [-0.4, -0.2) is 40.8 Å². The summed E-state index contributed by atoms with van der Waals surface area (Å²) in [7, 11) is 0. The fourth-order valence-corrected chi connectivity index (χ4v) is 6.08. The molecule has 4 rings (SSSR count). The molecule has 0 radical (unpaired) electrons. The van der Waals surface area contributed by atoms with Crippen molar-refractivity contribution in [2.24, 2.45) is 11.8 Å². The Morgan fingerprint density at radius 3 is 2.21 bits per heavy atom. The van der Waals surface area contributed by atoms with Crippen LogP contribution >= 0.6 is 0 Å². The van der Waals surface area contributed by atoms with Gasteiger partial charge < -0.3 is 9.47 Å². The van der Waals surface area contributed by atoms with E-state index in [9.17, 15) is 9.59 Å². The fraction of sp³-hybridized carbons (Fsp3) is 0.515. The maximum Gasteiger partial charge on any atom is 0.411 e. The molecule has 1 unspecified atom stereocenters. The molecule has 1 amide bonds. The van der Waals surface area contributed by atoms with Gasteiger partial charge in [-0.3, -0.25) is 4.90 Å². The first-order valence-corrected chi connectivity index (χ1v) is 13.9. The van der Waals surface area contributed by atoms with Crippen molar-refractivity contribution < 1.29 is 19.1 Å². The van der Waals surface area contributed by atoms with E-state index in [1.807, 2.05) is 69.3 Å². The first kappa shape index (κ1) is 27.9. The Balaban J connectivity index is 1.67. The van der Waals surface area contributed by atoms with E-state index >= 15 is 0 Å². The van der Waals surface area contributed by atoms with Gasteiger partial charge in [-0.15, -0.1) is 0 Å². The van der Waals surface area contributed by atoms with Crippen LogP contribution in [0.5, 0.6) is 0 Å². The summed E-state index contributed by atoms with van der Waals surface area (Å²) in [6, 6.07) is 20.3. The molecule has 5 heteroatoms. The predicted octanol–water partition coefficient (Wildman–Crippen LogP) is 7.10. The lowest BCUT2D eigenvalue weighted by molar-refractivity contribution is -0.167. The summed E-state index contributed by atoms with van der Waals surface area (Å²) in [5, 5.41) is 0. The maximum atomic E-state index is 14.3. The number of nitrogens with zero attached hydrogens (tertiary/aromatic N) is 1. The zero-order valence-corrected chi connectivity index (χ0v) is 23.8. The third kappa shape index (κ3) is 5.98. The molecule has 1 aliphatic carbocycles. The van der Waals surface area contributed by atoms with E-state index in [4.69, 9.17) is 9.47 Å². The van der Waals surface area contributed by atoms with Gasteiger partial charge >= 0.3 is 12.1 Å². The number of hydrogen-bond donors (Lipinski definition) is 0. The third-order valence-corrected chi connectivity index (χ3v) is 8.20. The minimum atomic E-state index is -1.26. The maximum absolute atomic E-state index is 14.3. The molecule has 5 nitrogen and oxygen atoms in total. The number of carbonyl (C=O) groups excluding carboxylic acids is 2. The number of ether oxygens (including phenoxy) is 2. The molecule has 2 aromatic carbocycles. The molecule has 0 saturated heterocycles. The third-order valence-electron chi connectivity index (χ3n) is 8.20. The summed E-state index contributed by atoms with van der Waals surface area (Å²) in [4.78, 5) is 29.2. The second kappa shape index (κ2) is 11.0. The van der Waals surface area contributed by atoms with Crippen LogP contribution in [0.4, 0.5) is 4.79 Å². The molecule has 204 valence electrons. The monoisotopic (exact) mass is 517 g/mol. The largest absolute Gasteiger partial charge is 0.460 e. The van der Waals surface area contributed by atoms with Crippen molar-refractivity contribution in [3.05, 3.63) is 83.9 Å². The summed E-state index contributed by atoms with van der Waals surface area (Å²) >= 11 is 0. The molecule has 2 aromatic rings. The Morgan fingerprint density at radius 1 is 0.947 bits per heavy atom. The molecule has 0 bridgehead atoms. The van der Waals surface area contributed by atoms with Gasteiger partial charge in [0, 0.05) is 18.9 Å². The van der Waals surface area contributed by atoms with Crippen molar-refractivity contribution >= 4 is 12.1 Å². The highest BCUT2D eigenvalue weighted by Crippen LogP contribution is 2.44. The van der Waals surface area contributed by atoms with Gasteiger partial charge in [0.2, 0.25) is 0 Å². The van der Waals surface area contributed by atoms with Crippen LogP contribution in [0.1, 0.15) is 71.9 Å². The minimum Gasteiger partial charge on any atom is -0.460 e. The molecule has 1 aliphatic heterocycles. The van der Waals surface area contributed by atoms with Gasteiger partial charge in [-0.1, -0.05) is 93.9 Å². The molecule has 4 atom stereocenters. The van der Waals surface area contributed by atoms with Crippen molar-refractivity contribution in [2.45, 2.75) is 89.9 Å². The smallest absolute Gasteiger partial charge is 0.411 e. The molecule has 1 heterocycles. The topological polar surface area (TPSA) is 55.8 Å². The van der Waals surface area contributed by atoms with Gasteiger partial charge in [-0.25, -0.2) is 9.59 Å². The van der Waals surface area contributed by atoms with E-state index in [0.29, 0.717) is 18.9 Å². The average molecular weight is 518 g/mol. The number of rotatable bonds is 6. The minimum absolute atomic E-state index is 0.166. The highest BCUT2D eigenvalue weighted by molar-refractivity contribution is 5.90. The molecular weight excluding hydrogens is 474 g/mol. The first-order valence-electron chi connectivity index (χ1n) is 13.9. The number of carbonyl (C=O) groups is 2. The lowest BCUT2D eigenvalue weighted by Gasteiger charge is -2.45. The van der Waals surface area contributed by atoms with Crippen LogP contribution in [0.3, 0.4) is 0 Å². The van der Waals surface area contributed by atoms with Gasteiger partial charge in [0.1, 0.15) is 11.7 Å². The summed E-state index contributed by atoms with van der Waals surface area (Å²) in [6.45, 7) is 12.6. The van der Waals surface area contributed by atoms with E-state index in [-0.39, 0.29) is 23.4 Å². The summed E-state index contributed by atoms with van der Waals surface area (Å²) in [5.41, 5.74) is 0.103. The van der Waals surface area contributed by atoms with E-state index in [2.05, 4.69) is 45.0 Å². The Hall–Kier alpha value is -3.08.